The zero-order valence-electron chi connectivity index (χ0n) is 11.9. The van der Waals surface area contributed by atoms with E-state index in [0.29, 0.717) is 6.54 Å². The quantitative estimate of drug-likeness (QED) is 0.880. The lowest BCUT2D eigenvalue weighted by molar-refractivity contribution is -0.0208. The Balaban J connectivity index is 2.79. The molecule has 0 radical (unpaired) electrons. The lowest BCUT2D eigenvalue weighted by atomic mass is 9.91. The normalized spacial score (nSPS) is 16.9. The van der Waals surface area contributed by atoms with Gasteiger partial charge in [-0.15, -0.1) is 0 Å². The van der Waals surface area contributed by atoms with Crippen molar-refractivity contribution in [3.8, 4) is 0 Å². The molecule has 0 amide bonds. The highest BCUT2D eigenvalue weighted by atomic mass is 35.5. The second-order valence-electron chi connectivity index (χ2n) is 5.62. The van der Waals surface area contributed by atoms with E-state index in [4.69, 9.17) is 11.6 Å². The van der Waals surface area contributed by atoms with Crippen LogP contribution in [-0.2, 0) is 0 Å². The summed E-state index contributed by atoms with van der Waals surface area (Å²) in [7, 11) is 2.02. The van der Waals surface area contributed by atoms with Crippen molar-refractivity contribution in [3.05, 3.63) is 34.9 Å². The van der Waals surface area contributed by atoms with Gasteiger partial charge in [0.1, 0.15) is 0 Å². The van der Waals surface area contributed by atoms with Gasteiger partial charge in [-0.3, -0.25) is 4.90 Å². The standard InChI is InChI=1S/C15H24ClNO/c1-11(2)15(4,18)10-17(5)12(3)13-8-6-7-9-14(13)16/h6-9,11-12,18H,10H2,1-5H3. The number of rotatable bonds is 5. The number of hydrogen-bond donors (Lipinski definition) is 1. The van der Waals surface area contributed by atoms with Crippen LogP contribution >= 0.6 is 11.6 Å². The summed E-state index contributed by atoms with van der Waals surface area (Å²) >= 11 is 6.21. The van der Waals surface area contributed by atoms with E-state index in [1.165, 1.54) is 0 Å². The Morgan fingerprint density at radius 2 is 1.83 bits per heavy atom. The molecule has 0 bridgehead atoms. The number of benzene rings is 1. The minimum Gasteiger partial charge on any atom is -0.389 e. The second kappa shape index (κ2) is 6.05. The largest absolute Gasteiger partial charge is 0.389 e. The van der Waals surface area contributed by atoms with Gasteiger partial charge in [-0.1, -0.05) is 43.6 Å². The van der Waals surface area contributed by atoms with Crippen LogP contribution in [0.4, 0.5) is 0 Å². The van der Waals surface area contributed by atoms with E-state index in [0.717, 1.165) is 10.6 Å². The van der Waals surface area contributed by atoms with Crippen LogP contribution in [0.2, 0.25) is 5.02 Å². The minimum absolute atomic E-state index is 0.184. The Kier molecular flexibility index (Phi) is 5.20. The van der Waals surface area contributed by atoms with Gasteiger partial charge in [0.05, 0.1) is 5.60 Å². The Bertz CT molecular complexity index is 390. The summed E-state index contributed by atoms with van der Waals surface area (Å²) in [6, 6.07) is 8.05. The maximum Gasteiger partial charge on any atom is 0.0768 e. The van der Waals surface area contributed by atoms with Gasteiger partial charge in [0.2, 0.25) is 0 Å². The van der Waals surface area contributed by atoms with Crippen LogP contribution in [0.15, 0.2) is 24.3 Å². The number of likely N-dealkylation sites (N-methyl/N-ethyl adjacent to an activating group) is 1. The molecule has 0 spiro atoms. The molecule has 0 saturated carbocycles. The maximum absolute atomic E-state index is 10.4. The van der Waals surface area contributed by atoms with Crippen LogP contribution in [0.25, 0.3) is 0 Å². The third kappa shape index (κ3) is 3.71. The predicted molar refractivity (Wildman–Crippen MR) is 78.0 cm³/mol. The van der Waals surface area contributed by atoms with Crippen LogP contribution in [0.1, 0.15) is 39.3 Å². The molecule has 0 aliphatic rings. The predicted octanol–water partition coefficient (Wildman–Crippen LogP) is 3.74. The number of hydrogen-bond acceptors (Lipinski definition) is 2. The average molecular weight is 270 g/mol. The number of nitrogens with zero attached hydrogens (tertiary/aromatic N) is 1. The lowest BCUT2D eigenvalue weighted by Gasteiger charge is -2.35. The Hall–Kier alpha value is -0.570. The van der Waals surface area contributed by atoms with Gasteiger partial charge in [0.15, 0.2) is 0 Å². The fourth-order valence-corrected chi connectivity index (χ4v) is 2.17. The summed E-state index contributed by atoms with van der Waals surface area (Å²) in [6.07, 6.45) is 0. The lowest BCUT2D eigenvalue weighted by Crippen LogP contribution is -2.43. The van der Waals surface area contributed by atoms with Crippen molar-refractivity contribution >= 4 is 11.6 Å². The SMILES string of the molecule is CC(c1ccccc1Cl)N(C)CC(C)(O)C(C)C. The van der Waals surface area contributed by atoms with Crippen LogP contribution in [-0.4, -0.2) is 29.2 Å². The maximum atomic E-state index is 10.4. The molecule has 0 aliphatic heterocycles. The fourth-order valence-electron chi connectivity index (χ4n) is 1.88. The van der Waals surface area contributed by atoms with E-state index in [1.54, 1.807) is 0 Å². The molecule has 2 unspecified atom stereocenters. The van der Waals surface area contributed by atoms with Crippen molar-refractivity contribution in [1.29, 1.82) is 0 Å². The first-order valence-corrected chi connectivity index (χ1v) is 6.80. The average Bonchev–Trinajstić information content (AvgIpc) is 2.28. The molecular formula is C15H24ClNO. The number of aliphatic hydroxyl groups is 1. The monoisotopic (exact) mass is 269 g/mol. The van der Waals surface area contributed by atoms with Crippen LogP contribution in [0.5, 0.6) is 0 Å². The first-order chi connectivity index (χ1) is 8.25. The molecule has 0 fully saturated rings. The topological polar surface area (TPSA) is 23.5 Å². The third-order valence-corrected chi connectivity index (χ3v) is 4.17. The van der Waals surface area contributed by atoms with Gasteiger partial charge in [-0.05, 0) is 38.4 Å². The van der Waals surface area contributed by atoms with E-state index in [9.17, 15) is 5.11 Å². The zero-order chi connectivity index (χ0) is 13.9. The van der Waals surface area contributed by atoms with Gasteiger partial charge in [0.25, 0.3) is 0 Å². The molecule has 0 aliphatic carbocycles. The van der Waals surface area contributed by atoms with E-state index < -0.39 is 5.60 Å². The van der Waals surface area contributed by atoms with Crippen molar-refractivity contribution in [2.45, 2.75) is 39.3 Å². The summed E-state index contributed by atoms with van der Waals surface area (Å²) in [6.45, 7) is 8.68. The molecule has 0 saturated heterocycles. The van der Waals surface area contributed by atoms with Gasteiger partial charge in [-0.2, -0.15) is 0 Å². The van der Waals surface area contributed by atoms with Crippen molar-refractivity contribution in [2.75, 3.05) is 13.6 Å². The van der Waals surface area contributed by atoms with Gasteiger partial charge in [0, 0.05) is 17.6 Å². The third-order valence-electron chi connectivity index (χ3n) is 3.83. The van der Waals surface area contributed by atoms with Gasteiger partial charge >= 0.3 is 0 Å². The first kappa shape index (κ1) is 15.5. The van der Waals surface area contributed by atoms with Crippen molar-refractivity contribution in [2.24, 2.45) is 5.92 Å². The van der Waals surface area contributed by atoms with E-state index >= 15 is 0 Å². The molecule has 3 heteroatoms. The number of halogens is 1. The first-order valence-electron chi connectivity index (χ1n) is 6.42. The summed E-state index contributed by atoms with van der Waals surface area (Å²) < 4.78 is 0. The Morgan fingerprint density at radius 3 is 2.33 bits per heavy atom. The van der Waals surface area contributed by atoms with Crippen LogP contribution < -0.4 is 0 Å². The molecule has 1 N–H and O–H groups in total. The van der Waals surface area contributed by atoms with Crippen molar-refractivity contribution in [3.63, 3.8) is 0 Å². The summed E-state index contributed by atoms with van der Waals surface area (Å²) in [5.74, 6) is 0.221. The second-order valence-corrected chi connectivity index (χ2v) is 6.03. The summed E-state index contributed by atoms with van der Waals surface area (Å²) in [5.41, 5.74) is 0.408. The molecule has 18 heavy (non-hydrogen) atoms. The van der Waals surface area contributed by atoms with Crippen molar-refractivity contribution < 1.29 is 5.11 Å². The van der Waals surface area contributed by atoms with Crippen LogP contribution in [0.3, 0.4) is 0 Å². The van der Waals surface area contributed by atoms with Gasteiger partial charge in [-0.25, -0.2) is 0 Å². The molecule has 102 valence electrons. The molecule has 2 atom stereocenters. The highest BCUT2D eigenvalue weighted by molar-refractivity contribution is 6.31. The highest BCUT2D eigenvalue weighted by Crippen LogP contribution is 2.28. The Labute approximate surface area is 116 Å². The van der Waals surface area contributed by atoms with Gasteiger partial charge < -0.3 is 5.11 Å². The molecule has 0 aromatic heterocycles. The molecule has 0 heterocycles. The zero-order valence-corrected chi connectivity index (χ0v) is 12.7. The molecule has 1 aromatic carbocycles. The summed E-state index contributed by atoms with van der Waals surface area (Å²) in [5, 5.41) is 11.1. The molecule has 1 rings (SSSR count). The highest BCUT2D eigenvalue weighted by Gasteiger charge is 2.28. The summed E-state index contributed by atoms with van der Waals surface area (Å²) in [4.78, 5) is 2.14. The van der Waals surface area contributed by atoms with E-state index in [1.807, 2.05) is 52.1 Å². The fraction of sp³-hybridized carbons (Fsp3) is 0.600. The van der Waals surface area contributed by atoms with E-state index in [2.05, 4.69) is 11.8 Å². The molecule has 1 aromatic rings. The smallest absolute Gasteiger partial charge is 0.0768 e. The minimum atomic E-state index is -0.690. The molecule has 2 nitrogen and oxygen atoms in total. The Morgan fingerprint density at radius 1 is 1.28 bits per heavy atom. The van der Waals surface area contributed by atoms with Crippen molar-refractivity contribution in [1.82, 2.24) is 4.90 Å². The molecular weight excluding hydrogens is 246 g/mol. The van der Waals surface area contributed by atoms with E-state index in [-0.39, 0.29) is 12.0 Å². The van der Waals surface area contributed by atoms with Crippen LogP contribution in [0, 0.1) is 5.92 Å².